The standard InChI is InChI=1S/C18H31N3O2/c1-18(17(23)19-15-7-2-3-8-15)10-9-16(22)21(18)14-6-13-20-11-4-5-12-20/h15H,2-14H2,1H3,(H,19,23). The molecule has 0 aromatic rings. The molecule has 2 saturated heterocycles. The second-order valence-electron chi connectivity index (χ2n) is 7.68. The number of nitrogens with one attached hydrogen (secondary N) is 1. The molecular formula is C18H31N3O2. The van der Waals surface area contributed by atoms with Gasteiger partial charge in [0.25, 0.3) is 0 Å². The van der Waals surface area contributed by atoms with Gasteiger partial charge in [-0.15, -0.1) is 0 Å². The van der Waals surface area contributed by atoms with Crippen LogP contribution in [0.1, 0.15) is 64.7 Å². The Hall–Kier alpha value is -1.10. The van der Waals surface area contributed by atoms with Gasteiger partial charge in [0.1, 0.15) is 5.54 Å². The van der Waals surface area contributed by atoms with Crippen LogP contribution in [0.25, 0.3) is 0 Å². The van der Waals surface area contributed by atoms with Crippen molar-refractivity contribution in [1.82, 2.24) is 15.1 Å². The fourth-order valence-corrected chi connectivity index (χ4v) is 4.37. The van der Waals surface area contributed by atoms with Crippen LogP contribution in [0.15, 0.2) is 0 Å². The molecule has 2 aliphatic heterocycles. The Kier molecular flexibility index (Phi) is 5.24. The first kappa shape index (κ1) is 16.7. The minimum absolute atomic E-state index is 0.0661. The van der Waals surface area contributed by atoms with Gasteiger partial charge in [0.05, 0.1) is 0 Å². The van der Waals surface area contributed by atoms with E-state index in [2.05, 4.69) is 10.2 Å². The first-order chi connectivity index (χ1) is 11.1. The lowest BCUT2D eigenvalue weighted by Crippen LogP contribution is -2.56. The largest absolute Gasteiger partial charge is 0.351 e. The van der Waals surface area contributed by atoms with Crippen molar-refractivity contribution in [2.45, 2.75) is 76.3 Å². The molecule has 0 aromatic heterocycles. The van der Waals surface area contributed by atoms with Gasteiger partial charge in [0.15, 0.2) is 0 Å². The van der Waals surface area contributed by atoms with Crippen LogP contribution in [0, 0.1) is 0 Å². The summed E-state index contributed by atoms with van der Waals surface area (Å²) in [4.78, 5) is 29.4. The molecule has 3 aliphatic rings. The summed E-state index contributed by atoms with van der Waals surface area (Å²) in [6.07, 6.45) is 9.33. The van der Waals surface area contributed by atoms with E-state index in [-0.39, 0.29) is 11.8 Å². The topological polar surface area (TPSA) is 52.7 Å². The van der Waals surface area contributed by atoms with Crippen LogP contribution in [0.5, 0.6) is 0 Å². The van der Waals surface area contributed by atoms with Gasteiger partial charge < -0.3 is 15.1 Å². The van der Waals surface area contributed by atoms with Crippen LogP contribution in [0.2, 0.25) is 0 Å². The molecule has 5 nitrogen and oxygen atoms in total. The van der Waals surface area contributed by atoms with Crippen molar-refractivity contribution in [3.05, 3.63) is 0 Å². The van der Waals surface area contributed by atoms with Gasteiger partial charge in [-0.1, -0.05) is 12.8 Å². The molecule has 2 heterocycles. The van der Waals surface area contributed by atoms with Crippen molar-refractivity contribution in [1.29, 1.82) is 0 Å². The molecule has 1 saturated carbocycles. The number of carbonyl (C=O) groups is 2. The van der Waals surface area contributed by atoms with E-state index in [1.165, 1.54) is 38.8 Å². The van der Waals surface area contributed by atoms with Crippen LogP contribution in [0.4, 0.5) is 0 Å². The summed E-state index contributed by atoms with van der Waals surface area (Å²) in [6, 6.07) is 0.321. The minimum Gasteiger partial charge on any atom is -0.351 e. The van der Waals surface area contributed by atoms with E-state index < -0.39 is 5.54 Å². The maximum absolute atomic E-state index is 12.8. The Morgan fingerprint density at radius 1 is 1.17 bits per heavy atom. The van der Waals surface area contributed by atoms with Crippen molar-refractivity contribution in [2.24, 2.45) is 0 Å². The molecule has 23 heavy (non-hydrogen) atoms. The zero-order valence-electron chi connectivity index (χ0n) is 14.5. The Morgan fingerprint density at radius 2 is 1.87 bits per heavy atom. The SMILES string of the molecule is CC1(C(=O)NC2CCCC2)CCC(=O)N1CCCN1CCCC1. The van der Waals surface area contributed by atoms with E-state index in [9.17, 15) is 9.59 Å². The quantitative estimate of drug-likeness (QED) is 0.813. The van der Waals surface area contributed by atoms with E-state index in [1.807, 2.05) is 11.8 Å². The molecule has 0 radical (unpaired) electrons. The molecule has 1 unspecified atom stereocenters. The molecule has 2 amide bonds. The second-order valence-corrected chi connectivity index (χ2v) is 7.68. The van der Waals surface area contributed by atoms with Gasteiger partial charge in [0, 0.05) is 19.0 Å². The van der Waals surface area contributed by atoms with Crippen molar-refractivity contribution >= 4 is 11.8 Å². The first-order valence-corrected chi connectivity index (χ1v) is 9.43. The lowest BCUT2D eigenvalue weighted by atomic mass is 9.96. The smallest absolute Gasteiger partial charge is 0.245 e. The summed E-state index contributed by atoms with van der Waals surface area (Å²) in [7, 11) is 0. The fraction of sp³-hybridized carbons (Fsp3) is 0.889. The summed E-state index contributed by atoms with van der Waals surface area (Å²) in [6.45, 7) is 6.09. The first-order valence-electron chi connectivity index (χ1n) is 9.43. The summed E-state index contributed by atoms with van der Waals surface area (Å²) in [5.41, 5.74) is -0.634. The van der Waals surface area contributed by atoms with Crippen LogP contribution < -0.4 is 5.32 Å². The van der Waals surface area contributed by atoms with E-state index in [1.54, 1.807) is 0 Å². The van der Waals surface area contributed by atoms with E-state index in [4.69, 9.17) is 0 Å². The lowest BCUT2D eigenvalue weighted by molar-refractivity contribution is -0.141. The van der Waals surface area contributed by atoms with Gasteiger partial charge in [-0.25, -0.2) is 0 Å². The molecule has 1 aliphatic carbocycles. The van der Waals surface area contributed by atoms with Gasteiger partial charge in [-0.2, -0.15) is 0 Å². The molecule has 0 spiro atoms. The van der Waals surface area contributed by atoms with Crippen LogP contribution in [0.3, 0.4) is 0 Å². The zero-order valence-corrected chi connectivity index (χ0v) is 14.5. The minimum atomic E-state index is -0.634. The van der Waals surface area contributed by atoms with Crippen LogP contribution in [-0.4, -0.2) is 59.4 Å². The second kappa shape index (κ2) is 7.20. The average molecular weight is 321 g/mol. The van der Waals surface area contributed by atoms with E-state index in [0.29, 0.717) is 25.4 Å². The molecular weight excluding hydrogens is 290 g/mol. The Bertz CT molecular complexity index is 442. The molecule has 3 fully saturated rings. The highest BCUT2D eigenvalue weighted by Crippen LogP contribution is 2.31. The van der Waals surface area contributed by atoms with E-state index >= 15 is 0 Å². The van der Waals surface area contributed by atoms with Crippen molar-refractivity contribution in [3.8, 4) is 0 Å². The summed E-state index contributed by atoms with van der Waals surface area (Å²) in [5, 5.41) is 3.20. The third kappa shape index (κ3) is 3.70. The maximum Gasteiger partial charge on any atom is 0.245 e. The highest BCUT2D eigenvalue weighted by Gasteiger charge is 2.47. The fourth-order valence-electron chi connectivity index (χ4n) is 4.37. The third-order valence-electron chi connectivity index (χ3n) is 5.96. The predicted octanol–water partition coefficient (Wildman–Crippen LogP) is 1.91. The molecule has 5 heteroatoms. The average Bonchev–Trinajstić information content (AvgIpc) is 3.26. The normalized spacial score (nSPS) is 29.6. The molecule has 3 rings (SSSR count). The number of nitrogens with zero attached hydrogens (tertiary/aromatic N) is 2. The van der Waals surface area contributed by atoms with Gasteiger partial charge >= 0.3 is 0 Å². The lowest BCUT2D eigenvalue weighted by Gasteiger charge is -2.35. The summed E-state index contributed by atoms with van der Waals surface area (Å²) in [5.74, 6) is 0.215. The third-order valence-corrected chi connectivity index (χ3v) is 5.96. The number of hydrogen-bond donors (Lipinski definition) is 1. The molecule has 130 valence electrons. The van der Waals surface area contributed by atoms with Gasteiger partial charge in [-0.3, -0.25) is 9.59 Å². The Balaban J connectivity index is 1.54. The Morgan fingerprint density at radius 3 is 2.57 bits per heavy atom. The van der Waals surface area contributed by atoms with Crippen LogP contribution >= 0.6 is 0 Å². The Labute approximate surface area is 139 Å². The van der Waals surface area contributed by atoms with Crippen LogP contribution in [-0.2, 0) is 9.59 Å². The number of amides is 2. The maximum atomic E-state index is 12.8. The summed E-state index contributed by atoms with van der Waals surface area (Å²) >= 11 is 0. The zero-order chi connectivity index (χ0) is 16.3. The highest BCUT2D eigenvalue weighted by atomic mass is 16.2. The monoisotopic (exact) mass is 321 g/mol. The van der Waals surface area contributed by atoms with Gasteiger partial charge in [-0.05, 0) is 65.1 Å². The molecule has 0 aromatic carbocycles. The molecule has 1 N–H and O–H groups in total. The van der Waals surface area contributed by atoms with Crippen molar-refractivity contribution in [3.63, 3.8) is 0 Å². The predicted molar refractivity (Wildman–Crippen MR) is 90.0 cm³/mol. The number of rotatable bonds is 6. The van der Waals surface area contributed by atoms with Gasteiger partial charge in [0.2, 0.25) is 11.8 Å². The summed E-state index contributed by atoms with van der Waals surface area (Å²) < 4.78 is 0. The number of likely N-dealkylation sites (tertiary alicyclic amines) is 2. The number of hydrogen-bond acceptors (Lipinski definition) is 3. The highest BCUT2D eigenvalue weighted by molar-refractivity contribution is 5.94. The van der Waals surface area contributed by atoms with Crippen molar-refractivity contribution in [2.75, 3.05) is 26.2 Å². The van der Waals surface area contributed by atoms with Crippen molar-refractivity contribution < 1.29 is 9.59 Å². The molecule has 0 bridgehead atoms. The van der Waals surface area contributed by atoms with E-state index in [0.717, 1.165) is 25.8 Å². The molecule has 1 atom stereocenters. The number of carbonyl (C=O) groups excluding carboxylic acids is 2.